The van der Waals surface area contributed by atoms with Crippen molar-refractivity contribution >= 4 is 26.8 Å². The highest BCUT2D eigenvalue weighted by Crippen LogP contribution is 2.24. The van der Waals surface area contributed by atoms with E-state index in [2.05, 4.69) is 39.1 Å². The molecule has 0 unspecified atom stereocenters. The number of aryl methyl sites for hydroxylation is 1. The second kappa shape index (κ2) is 6.27. The molecule has 0 fully saturated rings. The first-order valence-corrected chi connectivity index (χ1v) is 8.02. The fourth-order valence-electron chi connectivity index (χ4n) is 2.42. The zero-order chi connectivity index (χ0) is 14.7. The molecule has 0 N–H and O–H groups in total. The SMILES string of the molecule is Cc1cc(COc2ccccc2CBr)c2ccccc2n1. The molecule has 1 heterocycles. The Balaban J connectivity index is 1.92. The molecule has 0 aliphatic carbocycles. The van der Waals surface area contributed by atoms with Crippen LogP contribution in [0.15, 0.2) is 54.6 Å². The Hall–Kier alpha value is -1.87. The van der Waals surface area contributed by atoms with E-state index in [0.717, 1.165) is 33.2 Å². The maximum absolute atomic E-state index is 6.02. The first kappa shape index (κ1) is 14.1. The molecule has 0 saturated carbocycles. The Bertz CT molecular complexity index is 770. The van der Waals surface area contributed by atoms with Gasteiger partial charge in [-0.3, -0.25) is 4.98 Å². The lowest BCUT2D eigenvalue weighted by Gasteiger charge is -2.12. The summed E-state index contributed by atoms with van der Waals surface area (Å²) in [5, 5.41) is 1.94. The van der Waals surface area contributed by atoms with Crippen molar-refractivity contribution in [2.75, 3.05) is 0 Å². The van der Waals surface area contributed by atoms with E-state index in [1.807, 2.05) is 43.3 Å². The van der Waals surface area contributed by atoms with Crippen molar-refractivity contribution in [2.45, 2.75) is 18.9 Å². The predicted octanol–water partition coefficient (Wildman–Crippen LogP) is 5.02. The van der Waals surface area contributed by atoms with Gasteiger partial charge in [0.2, 0.25) is 0 Å². The van der Waals surface area contributed by atoms with E-state index in [4.69, 9.17) is 4.74 Å². The van der Waals surface area contributed by atoms with Gasteiger partial charge in [-0.25, -0.2) is 0 Å². The number of ether oxygens (including phenoxy) is 1. The second-order valence-corrected chi connectivity index (χ2v) is 5.53. The minimum absolute atomic E-state index is 0.549. The highest BCUT2D eigenvalue weighted by molar-refractivity contribution is 9.08. The lowest BCUT2D eigenvalue weighted by Crippen LogP contribution is -2.00. The van der Waals surface area contributed by atoms with Crippen molar-refractivity contribution in [3.8, 4) is 5.75 Å². The van der Waals surface area contributed by atoms with Gasteiger partial charge in [0, 0.05) is 27.5 Å². The number of halogens is 1. The van der Waals surface area contributed by atoms with Gasteiger partial charge >= 0.3 is 0 Å². The van der Waals surface area contributed by atoms with Crippen molar-refractivity contribution < 1.29 is 4.74 Å². The van der Waals surface area contributed by atoms with Crippen molar-refractivity contribution in [2.24, 2.45) is 0 Å². The van der Waals surface area contributed by atoms with E-state index in [0.29, 0.717) is 6.61 Å². The molecular formula is C18H16BrNO. The molecule has 2 aromatic carbocycles. The summed E-state index contributed by atoms with van der Waals surface area (Å²) < 4.78 is 6.02. The minimum Gasteiger partial charge on any atom is -0.489 e. The monoisotopic (exact) mass is 341 g/mol. The summed E-state index contributed by atoms with van der Waals surface area (Å²) in [5.74, 6) is 0.924. The molecule has 0 aliphatic heterocycles. The van der Waals surface area contributed by atoms with E-state index in [9.17, 15) is 0 Å². The summed E-state index contributed by atoms with van der Waals surface area (Å²) in [5.41, 5.74) is 4.36. The third-order valence-electron chi connectivity index (χ3n) is 3.43. The summed E-state index contributed by atoms with van der Waals surface area (Å²) in [6, 6.07) is 18.4. The number of aromatic nitrogens is 1. The number of fused-ring (bicyclic) bond motifs is 1. The smallest absolute Gasteiger partial charge is 0.123 e. The van der Waals surface area contributed by atoms with Crippen LogP contribution >= 0.6 is 15.9 Å². The van der Waals surface area contributed by atoms with Gasteiger partial charge in [-0.1, -0.05) is 52.3 Å². The average molecular weight is 342 g/mol. The Morgan fingerprint density at radius 2 is 1.76 bits per heavy atom. The summed E-state index contributed by atoms with van der Waals surface area (Å²) in [6.45, 7) is 2.57. The lowest BCUT2D eigenvalue weighted by atomic mass is 10.1. The van der Waals surface area contributed by atoms with Crippen LogP contribution < -0.4 is 4.74 Å². The Morgan fingerprint density at radius 3 is 2.62 bits per heavy atom. The first-order valence-electron chi connectivity index (χ1n) is 6.90. The fourth-order valence-corrected chi connectivity index (χ4v) is 2.89. The number of hydrogen-bond acceptors (Lipinski definition) is 2. The highest BCUT2D eigenvalue weighted by atomic mass is 79.9. The molecule has 106 valence electrons. The largest absolute Gasteiger partial charge is 0.489 e. The second-order valence-electron chi connectivity index (χ2n) is 4.97. The summed E-state index contributed by atoms with van der Waals surface area (Å²) >= 11 is 3.50. The molecule has 0 radical (unpaired) electrons. The van der Waals surface area contributed by atoms with Crippen LogP contribution in [0.2, 0.25) is 0 Å². The topological polar surface area (TPSA) is 22.1 Å². The first-order chi connectivity index (χ1) is 10.3. The van der Waals surface area contributed by atoms with Crippen molar-refractivity contribution in [1.82, 2.24) is 4.98 Å². The molecule has 3 aromatic rings. The van der Waals surface area contributed by atoms with Crippen molar-refractivity contribution in [3.05, 3.63) is 71.4 Å². The van der Waals surface area contributed by atoms with Gasteiger partial charge in [-0.05, 0) is 25.1 Å². The van der Waals surface area contributed by atoms with Crippen LogP contribution in [0.3, 0.4) is 0 Å². The third-order valence-corrected chi connectivity index (χ3v) is 4.03. The predicted molar refractivity (Wildman–Crippen MR) is 89.9 cm³/mol. The van der Waals surface area contributed by atoms with E-state index >= 15 is 0 Å². The van der Waals surface area contributed by atoms with Crippen LogP contribution in [0.4, 0.5) is 0 Å². The molecule has 0 atom stereocenters. The Morgan fingerprint density at radius 1 is 1.00 bits per heavy atom. The van der Waals surface area contributed by atoms with Crippen LogP contribution in [0, 0.1) is 6.92 Å². The summed E-state index contributed by atoms with van der Waals surface area (Å²) in [6.07, 6.45) is 0. The van der Waals surface area contributed by atoms with Gasteiger partial charge in [0.05, 0.1) is 5.52 Å². The molecule has 3 heteroatoms. The van der Waals surface area contributed by atoms with Crippen LogP contribution in [0.25, 0.3) is 10.9 Å². The number of alkyl halides is 1. The summed E-state index contributed by atoms with van der Waals surface area (Å²) in [7, 11) is 0. The maximum atomic E-state index is 6.02. The number of benzene rings is 2. The minimum atomic E-state index is 0.549. The van der Waals surface area contributed by atoms with Crippen LogP contribution in [0.5, 0.6) is 5.75 Å². The van der Waals surface area contributed by atoms with E-state index < -0.39 is 0 Å². The number of para-hydroxylation sites is 2. The normalized spacial score (nSPS) is 10.8. The van der Waals surface area contributed by atoms with Crippen molar-refractivity contribution in [1.29, 1.82) is 0 Å². The summed E-state index contributed by atoms with van der Waals surface area (Å²) in [4.78, 5) is 4.56. The Kier molecular flexibility index (Phi) is 4.20. The average Bonchev–Trinajstić information content (AvgIpc) is 2.52. The lowest BCUT2D eigenvalue weighted by molar-refractivity contribution is 0.305. The Labute approximate surface area is 132 Å². The molecule has 3 rings (SSSR count). The van der Waals surface area contributed by atoms with Gasteiger partial charge in [-0.2, -0.15) is 0 Å². The zero-order valence-corrected chi connectivity index (χ0v) is 13.4. The molecule has 1 aromatic heterocycles. The van der Waals surface area contributed by atoms with Crippen molar-refractivity contribution in [3.63, 3.8) is 0 Å². The highest BCUT2D eigenvalue weighted by Gasteiger charge is 2.06. The zero-order valence-electron chi connectivity index (χ0n) is 11.8. The number of rotatable bonds is 4. The maximum Gasteiger partial charge on any atom is 0.123 e. The molecule has 0 bridgehead atoms. The number of nitrogens with zero attached hydrogens (tertiary/aromatic N) is 1. The molecule has 0 aliphatic rings. The van der Waals surface area contributed by atoms with Crippen LogP contribution in [-0.2, 0) is 11.9 Å². The van der Waals surface area contributed by atoms with Gasteiger partial charge < -0.3 is 4.74 Å². The van der Waals surface area contributed by atoms with Gasteiger partial charge in [0.25, 0.3) is 0 Å². The van der Waals surface area contributed by atoms with Gasteiger partial charge in [0.1, 0.15) is 12.4 Å². The molecule has 2 nitrogen and oxygen atoms in total. The number of hydrogen-bond donors (Lipinski definition) is 0. The number of pyridine rings is 1. The van der Waals surface area contributed by atoms with E-state index in [1.165, 1.54) is 5.56 Å². The molecule has 0 saturated heterocycles. The van der Waals surface area contributed by atoms with Crippen LogP contribution in [-0.4, -0.2) is 4.98 Å². The van der Waals surface area contributed by atoms with Crippen LogP contribution in [0.1, 0.15) is 16.8 Å². The standard InChI is InChI=1S/C18H16BrNO/c1-13-10-15(16-7-3-4-8-17(16)20-13)12-21-18-9-5-2-6-14(18)11-19/h2-10H,11-12H2,1H3. The quantitative estimate of drug-likeness (QED) is 0.621. The fraction of sp³-hybridized carbons (Fsp3) is 0.167. The van der Waals surface area contributed by atoms with E-state index in [-0.39, 0.29) is 0 Å². The molecule has 0 amide bonds. The molecule has 0 spiro atoms. The van der Waals surface area contributed by atoms with E-state index in [1.54, 1.807) is 0 Å². The third kappa shape index (κ3) is 3.08. The molecule has 21 heavy (non-hydrogen) atoms. The van der Waals surface area contributed by atoms with Gasteiger partial charge in [-0.15, -0.1) is 0 Å². The molecular weight excluding hydrogens is 326 g/mol. The van der Waals surface area contributed by atoms with Gasteiger partial charge in [0.15, 0.2) is 0 Å².